The molecule has 1 heterocycles. The van der Waals surface area contributed by atoms with Gasteiger partial charge in [-0.2, -0.15) is 9.78 Å². The maximum Gasteiger partial charge on any atom is 0.282 e. The third-order valence-electron chi connectivity index (χ3n) is 5.45. The lowest BCUT2D eigenvalue weighted by Gasteiger charge is -2.09. The maximum absolute atomic E-state index is 13.0. The number of rotatable bonds is 6. The SMILES string of the molecule is CCCc1nc2ccccc2c(=O)n1/N=C/c1ccc(Oc2ccc3ccccc3c2)cc1. The van der Waals surface area contributed by atoms with Crippen molar-refractivity contribution in [2.75, 3.05) is 0 Å². The van der Waals surface area contributed by atoms with E-state index in [4.69, 9.17) is 4.74 Å². The number of benzene rings is 4. The molecule has 0 aliphatic carbocycles. The molecular formula is C28H23N3O2. The van der Waals surface area contributed by atoms with Crippen LogP contribution in [-0.2, 0) is 6.42 Å². The standard InChI is InChI=1S/C28H23N3O2/c1-2-7-27-30-26-11-6-5-10-25(26)28(32)31(27)29-19-20-12-15-23(16-13-20)33-24-17-14-21-8-3-4-9-22(21)18-24/h3-6,8-19H,2,7H2,1H3/b29-19+. The van der Waals surface area contributed by atoms with Crippen LogP contribution in [0.5, 0.6) is 11.5 Å². The summed E-state index contributed by atoms with van der Waals surface area (Å²) in [5.41, 5.74) is 1.41. The number of para-hydroxylation sites is 1. The van der Waals surface area contributed by atoms with Crippen molar-refractivity contribution < 1.29 is 4.74 Å². The lowest BCUT2D eigenvalue weighted by atomic mass is 10.1. The molecule has 0 atom stereocenters. The minimum absolute atomic E-state index is 0.156. The highest BCUT2D eigenvalue weighted by molar-refractivity contribution is 5.84. The van der Waals surface area contributed by atoms with Gasteiger partial charge in [-0.1, -0.05) is 49.4 Å². The van der Waals surface area contributed by atoms with Crippen molar-refractivity contribution in [1.82, 2.24) is 9.66 Å². The molecule has 5 heteroatoms. The Kier molecular flexibility index (Phi) is 5.68. The van der Waals surface area contributed by atoms with Crippen LogP contribution < -0.4 is 10.3 Å². The Balaban J connectivity index is 1.39. The highest BCUT2D eigenvalue weighted by Gasteiger charge is 2.09. The lowest BCUT2D eigenvalue weighted by Crippen LogP contribution is -2.22. The molecule has 162 valence electrons. The fourth-order valence-electron chi connectivity index (χ4n) is 3.79. The Morgan fingerprint density at radius 2 is 1.61 bits per heavy atom. The van der Waals surface area contributed by atoms with E-state index in [-0.39, 0.29) is 5.56 Å². The van der Waals surface area contributed by atoms with Crippen molar-refractivity contribution in [2.24, 2.45) is 5.10 Å². The smallest absolute Gasteiger partial charge is 0.282 e. The Morgan fingerprint density at radius 3 is 2.42 bits per heavy atom. The Morgan fingerprint density at radius 1 is 0.879 bits per heavy atom. The molecule has 0 amide bonds. The summed E-state index contributed by atoms with van der Waals surface area (Å²) in [6.07, 6.45) is 3.23. The molecule has 0 aliphatic rings. The van der Waals surface area contributed by atoms with Gasteiger partial charge in [0.2, 0.25) is 0 Å². The van der Waals surface area contributed by atoms with Crippen LogP contribution in [-0.4, -0.2) is 15.9 Å². The molecule has 0 fully saturated rings. The molecule has 0 radical (unpaired) electrons. The lowest BCUT2D eigenvalue weighted by molar-refractivity contribution is 0.483. The van der Waals surface area contributed by atoms with Crippen molar-refractivity contribution in [1.29, 1.82) is 0 Å². The van der Waals surface area contributed by atoms with Gasteiger partial charge < -0.3 is 4.74 Å². The number of hydrogen-bond donors (Lipinski definition) is 0. The molecule has 0 aliphatic heterocycles. The summed E-state index contributed by atoms with van der Waals surface area (Å²) in [5.74, 6) is 2.18. The van der Waals surface area contributed by atoms with E-state index in [1.165, 1.54) is 10.1 Å². The van der Waals surface area contributed by atoms with Crippen LogP contribution in [0.4, 0.5) is 0 Å². The van der Waals surface area contributed by atoms with Gasteiger partial charge in [-0.25, -0.2) is 4.98 Å². The summed E-state index contributed by atoms with van der Waals surface area (Å²) in [5, 5.41) is 7.35. The summed E-state index contributed by atoms with van der Waals surface area (Å²) in [4.78, 5) is 17.6. The first-order valence-electron chi connectivity index (χ1n) is 11.0. The topological polar surface area (TPSA) is 56.5 Å². The maximum atomic E-state index is 13.0. The zero-order valence-electron chi connectivity index (χ0n) is 18.3. The summed E-state index contributed by atoms with van der Waals surface area (Å²) in [6.45, 7) is 2.06. The number of nitrogens with zero attached hydrogens (tertiary/aromatic N) is 3. The first-order valence-corrected chi connectivity index (χ1v) is 11.0. The molecule has 0 saturated heterocycles. The van der Waals surface area contributed by atoms with Crippen molar-refractivity contribution in [3.63, 3.8) is 0 Å². The van der Waals surface area contributed by atoms with E-state index < -0.39 is 0 Å². The van der Waals surface area contributed by atoms with E-state index in [2.05, 4.69) is 35.2 Å². The Labute approximate surface area is 191 Å². The van der Waals surface area contributed by atoms with Crippen LogP contribution in [0, 0.1) is 0 Å². The molecule has 1 aromatic heterocycles. The molecule has 5 aromatic rings. The van der Waals surface area contributed by atoms with E-state index in [0.29, 0.717) is 23.1 Å². The number of ether oxygens (including phenoxy) is 1. The van der Waals surface area contributed by atoms with Gasteiger partial charge in [0, 0.05) is 6.42 Å². The van der Waals surface area contributed by atoms with Crippen LogP contribution in [0.25, 0.3) is 21.7 Å². The molecule has 5 nitrogen and oxygen atoms in total. The number of fused-ring (bicyclic) bond motifs is 2. The van der Waals surface area contributed by atoms with E-state index in [9.17, 15) is 4.79 Å². The van der Waals surface area contributed by atoms with E-state index in [1.54, 1.807) is 12.3 Å². The van der Waals surface area contributed by atoms with E-state index in [1.807, 2.05) is 66.7 Å². The van der Waals surface area contributed by atoms with Gasteiger partial charge in [0.25, 0.3) is 5.56 Å². The summed E-state index contributed by atoms with van der Waals surface area (Å²) in [7, 11) is 0. The highest BCUT2D eigenvalue weighted by atomic mass is 16.5. The van der Waals surface area contributed by atoms with Gasteiger partial charge in [0.15, 0.2) is 0 Å². The molecule has 0 unspecified atom stereocenters. The van der Waals surface area contributed by atoms with Gasteiger partial charge in [-0.15, -0.1) is 0 Å². The summed E-state index contributed by atoms with van der Waals surface area (Å²) in [6, 6.07) is 29.2. The molecule has 5 rings (SSSR count). The van der Waals surface area contributed by atoms with Gasteiger partial charge in [-0.05, 0) is 71.3 Å². The molecule has 0 bridgehead atoms. The molecule has 0 N–H and O–H groups in total. The number of aryl methyl sites for hydroxylation is 1. The van der Waals surface area contributed by atoms with Gasteiger partial charge in [0.05, 0.1) is 17.1 Å². The Hall–Kier alpha value is -4.25. The second-order valence-electron chi connectivity index (χ2n) is 7.84. The van der Waals surface area contributed by atoms with Gasteiger partial charge >= 0.3 is 0 Å². The third kappa shape index (κ3) is 4.39. The second-order valence-corrected chi connectivity index (χ2v) is 7.84. The molecule has 0 spiro atoms. The van der Waals surface area contributed by atoms with Crippen LogP contribution in [0.3, 0.4) is 0 Å². The number of aromatic nitrogens is 2. The van der Waals surface area contributed by atoms with Crippen molar-refractivity contribution in [3.05, 3.63) is 113 Å². The van der Waals surface area contributed by atoms with Crippen molar-refractivity contribution in [2.45, 2.75) is 19.8 Å². The minimum Gasteiger partial charge on any atom is -0.457 e. The van der Waals surface area contributed by atoms with E-state index >= 15 is 0 Å². The molecule has 4 aromatic carbocycles. The molecule has 33 heavy (non-hydrogen) atoms. The van der Waals surface area contributed by atoms with E-state index in [0.717, 1.165) is 28.9 Å². The monoisotopic (exact) mass is 433 g/mol. The highest BCUT2D eigenvalue weighted by Crippen LogP contribution is 2.25. The normalized spacial score (nSPS) is 11.4. The zero-order chi connectivity index (χ0) is 22.6. The average molecular weight is 434 g/mol. The first kappa shape index (κ1) is 20.6. The van der Waals surface area contributed by atoms with Crippen molar-refractivity contribution >= 4 is 27.9 Å². The minimum atomic E-state index is -0.156. The second kappa shape index (κ2) is 9.09. The van der Waals surface area contributed by atoms with Crippen LogP contribution in [0.1, 0.15) is 24.7 Å². The summed E-state index contributed by atoms with van der Waals surface area (Å²) >= 11 is 0. The third-order valence-corrected chi connectivity index (χ3v) is 5.45. The van der Waals surface area contributed by atoms with Crippen molar-refractivity contribution in [3.8, 4) is 11.5 Å². The fraction of sp³-hybridized carbons (Fsp3) is 0.107. The van der Waals surface area contributed by atoms with Crippen LogP contribution >= 0.6 is 0 Å². The average Bonchev–Trinajstić information content (AvgIpc) is 2.85. The summed E-state index contributed by atoms with van der Waals surface area (Å²) < 4.78 is 7.42. The predicted octanol–water partition coefficient (Wildman–Crippen LogP) is 6.18. The van der Waals surface area contributed by atoms with Crippen LogP contribution in [0.15, 0.2) is 101 Å². The van der Waals surface area contributed by atoms with Gasteiger partial charge in [0.1, 0.15) is 17.3 Å². The predicted molar refractivity (Wildman–Crippen MR) is 133 cm³/mol. The van der Waals surface area contributed by atoms with Gasteiger partial charge in [-0.3, -0.25) is 4.79 Å². The van der Waals surface area contributed by atoms with Crippen LogP contribution in [0.2, 0.25) is 0 Å². The fourth-order valence-corrected chi connectivity index (χ4v) is 3.79. The largest absolute Gasteiger partial charge is 0.457 e. The Bertz CT molecular complexity index is 1520. The molecular weight excluding hydrogens is 410 g/mol. The quantitative estimate of drug-likeness (QED) is 0.301. The zero-order valence-corrected chi connectivity index (χ0v) is 18.3. The molecule has 0 saturated carbocycles. The number of hydrogen-bond acceptors (Lipinski definition) is 4. The first-order chi connectivity index (χ1) is 16.2.